The molecular formula is C22H28ClN3. The van der Waals surface area contributed by atoms with Gasteiger partial charge in [0.25, 0.3) is 0 Å². The summed E-state index contributed by atoms with van der Waals surface area (Å²) in [6.07, 6.45) is 7.50. The maximum absolute atomic E-state index is 5.04. The van der Waals surface area contributed by atoms with Crippen molar-refractivity contribution < 1.29 is 0 Å². The van der Waals surface area contributed by atoms with E-state index < -0.39 is 0 Å². The summed E-state index contributed by atoms with van der Waals surface area (Å²) in [7, 11) is 0. The Morgan fingerprint density at radius 1 is 0.885 bits per heavy atom. The lowest BCUT2D eigenvalue weighted by Crippen LogP contribution is -2.52. The Balaban J connectivity index is 0.00000196. The number of aryl methyl sites for hydroxylation is 1. The second-order valence-corrected chi connectivity index (χ2v) is 7.44. The van der Waals surface area contributed by atoms with Crippen molar-refractivity contribution >= 4 is 29.6 Å². The van der Waals surface area contributed by atoms with Crippen LogP contribution in [0.2, 0.25) is 0 Å². The molecule has 0 aromatic heterocycles. The first-order valence-corrected chi connectivity index (χ1v) is 9.50. The molecule has 0 unspecified atom stereocenters. The number of fused-ring (bicyclic) bond motifs is 1. The molecule has 0 atom stereocenters. The van der Waals surface area contributed by atoms with Crippen LogP contribution in [0.4, 0.5) is 11.4 Å². The molecule has 3 nitrogen and oxygen atoms in total. The molecule has 2 aliphatic rings. The van der Waals surface area contributed by atoms with E-state index in [9.17, 15) is 0 Å². The minimum atomic E-state index is -0.0322. The van der Waals surface area contributed by atoms with Crippen LogP contribution in [-0.2, 0) is 6.54 Å². The molecule has 0 radical (unpaired) electrons. The van der Waals surface area contributed by atoms with Crippen molar-refractivity contribution in [1.29, 1.82) is 0 Å². The highest BCUT2D eigenvalue weighted by Gasteiger charge is 2.39. The van der Waals surface area contributed by atoms with Crippen LogP contribution in [0, 0.1) is 6.92 Å². The Morgan fingerprint density at radius 2 is 1.54 bits per heavy atom. The Kier molecular flexibility index (Phi) is 5.87. The average molecular weight is 370 g/mol. The van der Waals surface area contributed by atoms with Crippen LogP contribution in [0.1, 0.15) is 49.7 Å². The van der Waals surface area contributed by atoms with Crippen molar-refractivity contribution in [3.05, 3.63) is 59.7 Å². The van der Waals surface area contributed by atoms with Crippen LogP contribution in [0.3, 0.4) is 0 Å². The summed E-state index contributed by atoms with van der Waals surface area (Å²) in [6, 6.07) is 17.2. The topological polar surface area (TPSA) is 36.4 Å². The number of halogens is 1. The van der Waals surface area contributed by atoms with Gasteiger partial charge in [0.15, 0.2) is 0 Å². The number of nitrogens with zero attached hydrogens (tertiary/aromatic N) is 1. The number of hydrogen-bond donors (Lipinski definition) is 2. The molecule has 2 aromatic carbocycles. The molecule has 2 N–H and O–H groups in total. The predicted molar refractivity (Wildman–Crippen MR) is 114 cm³/mol. The van der Waals surface area contributed by atoms with Gasteiger partial charge in [-0.1, -0.05) is 67.6 Å². The second kappa shape index (κ2) is 8.13. The third-order valence-corrected chi connectivity index (χ3v) is 5.50. The van der Waals surface area contributed by atoms with E-state index in [2.05, 4.69) is 66.1 Å². The molecule has 138 valence electrons. The highest BCUT2D eigenvalue weighted by molar-refractivity contribution is 6.09. The fourth-order valence-corrected chi connectivity index (χ4v) is 4.01. The van der Waals surface area contributed by atoms with E-state index in [0.717, 1.165) is 30.9 Å². The SMILES string of the molecule is Cc1ccc(CN=C2Nc3ccccc3NC23CCCCCC3)cc1.Cl. The fourth-order valence-electron chi connectivity index (χ4n) is 4.01. The molecule has 0 amide bonds. The second-order valence-electron chi connectivity index (χ2n) is 7.44. The van der Waals surface area contributed by atoms with E-state index in [4.69, 9.17) is 4.99 Å². The summed E-state index contributed by atoms with van der Waals surface area (Å²) in [5.41, 5.74) is 4.87. The van der Waals surface area contributed by atoms with Gasteiger partial charge in [0, 0.05) is 0 Å². The number of amidine groups is 1. The lowest BCUT2D eigenvalue weighted by molar-refractivity contribution is 0.524. The largest absolute Gasteiger partial charge is 0.371 e. The molecule has 4 rings (SSSR count). The smallest absolute Gasteiger partial charge is 0.127 e. The van der Waals surface area contributed by atoms with Crippen molar-refractivity contribution in [3.8, 4) is 0 Å². The van der Waals surface area contributed by atoms with Crippen LogP contribution < -0.4 is 10.6 Å². The molecule has 4 heteroatoms. The minimum absolute atomic E-state index is 0. The summed E-state index contributed by atoms with van der Waals surface area (Å²) in [5.74, 6) is 1.12. The standard InChI is InChI=1S/C22H27N3.ClH/c1-17-10-12-18(13-11-17)16-23-21-22(14-6-2-3-7-15-22)25-20-9-5-4-8-19(20)24-21;/h4-5,8-13,25H,2-3,6-7,14-16H2,1H3,(H,23,24);1H. The van der Waals surface area contributed by atoms with Crippen molar-refractivity contribution in [1.82, 2.24) is 0 Å². The van der Waals surface area contributed by atoms with Crippen molar-refractivity contribution in [2.45, 2.75) is 57.5 Å². The van der Waals surface area contributed by atoms with Crippen LogP contribution in [0.15, 0.2) is 53.5 Å². The molecular weight excluding hydrogens is 342 g/mol. The number of benzene rings is 2. The highest BCUT2D eigenvalue weighted by Crippen LogP contribution is 2.38. The van der Waals surface area contributed by atoms with E-state index in [1.165, 1.54) is 42.5 Å². The zero-order valence-electron chi connectivity index (χ0n) is 15.4. The number of rotatable bonds is 2. The van der Waals surface area contributed by atoms with Crippen LogP contribution in [0.25, 0.3) is 0 Å². The van der Waals surface area contributed by atoms with E-state index in [1.807, 2.05) is 0 Å². The summed E-state index contributed by atoms with van der Waals surface area (Å²) < 4.78 is 0. The highest BCUT2D eigenvalue weighted by atomic mass is 35.5. The third-order valence-electron chi connectivity index (χ3n) is 5.50. The van der Waals surface area contributed by atoms with Crippen molar-refractivity contribution in [2.24, 2.45) is 4.99 Å². The monoisotopic (exact) mass is 369 g/mol. The lowest BCUT2D eigenvalue weighted by Gasteiger charge is -2.41. The maximum Gasteiger partial charge on any atom is 0.127 e. The molecule has 1 saturated carbocycles. The van der Waals surface area contributed by atoms with E-state index in [1.54, 1.807) is 0 Å². The van der Waals surface area contributed by atoms with E-state index in [0.29, 0.717) is 0 Å². The number of aliphatic imine (C=N–C) groups is 1. The van der Waals surface area contributed by atoms with Gasteiger partial charge in [-0.15, -0.1) is 12.4 Å². The Hall–Kier alpha value is -2.00. The van der Waals surface area contributed by atoms with Crippen LogP contribution in [0.5, 0.6) is 0 Å². The van der Waals surface area contributed by atoms with Gasteiger partial charge in [-0.3, -0.25) is 4.99 Å². The summed E-state index contributed by atoms with van der Waals surface area (Å²) in [4.78, 5) is 5.04. The van der Waals surface area contributed by atoms with Gasteiger partial charge in [0.2, 0.25) is 0 Å². The van der Waals surface area contributed by atoms with Gasteiger partial charge in [0.05, 0.1) is 23.5 Å². The zero-order chi connectivity index (χ0) is 17.1. The maximum atomic E-state index is 5.04. The van der Waals surface area contributed by atoms with Gasteiger partial charge in [-0.05, 0) is 37.5 Å². The molecule has 2 aromatic rings. The Morgan fingerprint density at radius 3 is 2.23 bits per heavy atom. The summed E-state index contributed by atoms with van der Waals surface area (Å²) >= 11 is 0. The van der Waals surface area contributed by atoms with Gasteiger partial charge in [-0.25, -0.2) is 0 Å². The molecule has 1 spiro atoms. The third kappa shape index (κ3) is 3.88. The number of nitrogens with one attached hydrogen (secondary N) is 2. The molecule has 26 heavy (non-hydrogen) atoms. The molecule has 1 aliphatic carbocycles. The van der Waals surface area contributed by atoms with Crippen molar-refractivity contribution in [3.63, 3.8) is 0 Å². The van der Waals surface area contributed by atoms with E-state index in [-0.39, 0.29) is 17.9 Å². The van der Waals surface area contributed by atoms with Crippen LogP contribution in [-0.4, -0.2) is 11.4 Å². The van der Waals surface area contributed by atoms with Crippen LogP contribution >= 0.6 is 12.4 Å². The minimum Gasteiger partial charge on any atom is -0.371 e. The zero-order valence-corrected chi connectivity index (χ0v) is 16.2. The quantitative estimate of drug-likeness (QED) is 0.686. The van der Waals surface area contributed by atoms with Gasteiger partial charge in [0.1, 0.15) is 5.84 Å². The van der Waals surface area contributed by atoms with Crippen molar-refractivity contribution in [2.75, 3.05) is 10.6 Å². The van der Waals surface area contributed by atoms with E-state index >= 15 is 0 Å². The van der Waals surface area contributed by atoms with Gasteiger partial charge < -0.3 is 10.6 Å². The molecule has 1 fully saturated rings. The lowest BCUT2D eigenvalue weighted by atomic mass is 9.86. The first-order valence-electron chi connectivity index (χ1n) is 9.50. The molecule has 1 aliphatic heterocycles. The number of anilines is 2. The average Bonchev–Trinajstić information content (AvgIpc) is 2.87. The number of para-hydroxylation sites is 2. The fraction of sp³-hybridized carbons (Fsp3) is 0.409. The molecule has 0 saturated heterocycles. The molecule has 1 heterocycles. The summed E-state index contributed by atoms with van der Waals surface area (Å²) in [6.45, 7) is 2.86. The molecule has 0 bridgehead atoms. The Labute approximate surface area is 162 Å². The predicted octanol–water partition coefficient (Wildman–Crippen LogP) is 5.95. The number of hydrogen-bond acceptors (Lipinski definition) is 2. The first-order chi connectivity index (χ1) is 12.3. The van der Waals surface area contributed by atoms with Gasteiger partial charge in [-0.2, -0.15) is 0 Å². The normalized spacial score (nSPS) is 19.7. The Bertz CT molecular complexity index is 759. The van der Waals surface area contributed by atoms with Gasteiger partial charge >= 0.3 is 0 Å². The first kappa shape index (κ1) is 18.8. The summed E-state index contributed by atoms with van der Waals surface area (Å²) in [5, 5.41) is 7.51.